The van der Waals surface area contributed by atoms with Crippen LogP contribution in [0.4, 0.5) is 0 Å². The summed E-state index contributed by atoms with van der Waals surface area (Å²) in [4.78, 5) is 38.2. The molecule has 0 aromatic heterocycles. The number of carbonyl (C=O) groups excluding carboxylic acids is 3. The van der Waals surface area contributed by atoms with Gasteiger partial charge in [-0.25, -0.2) is 14.4 Å². The van der Waals surface area contributed by atoms with Crippen molar-refractivity contribution < 1.29 is 54.1 Å². The highest BCUT2D eigenvalue weighted by Crippen LogP contribution is 2.42. The second kappa shape index (κ2) is 14.4. The lowest BCUT2D eigenvalue weighted by Gasteiger charge is -2.51. The summed E-state index contributed by atoms with van der Waals surface area (Å²) in [5.74, 6) is -4.00. The number of esters is 3. The van der Waals surface area contributed by atoms with E-state index in [-0.39, 0.29) is 22.3 Å². The van der Waals surface area contributed by atoms with Gasteiger partial charge in [-0.1, -0.05) is 24.8 Å². The highest BCUT2D eigenvalue weighted by atomic mass is 16.6. The molecule has 1 aliphatic carbocycles. The normalized spacial score (nSPS) is 29.3. The van der Waals surface area contributed by atoms with Gasteiger partial charge in [-0.15, -0.1) is 0 Å². The van der Waals surface area contributed by atoms with Gasteiger partial charge in [-0.05, 0) is 67.9 Å². The molecule has 0 saturated heterocycles. The number of carbonyl (C=O) groups is 3. The number of hydrogen-bond acceptors (Lipinski definition) is 11. The Hall–Kier alpha value is -2.83. The van der Waals surface area contributed by atoms with Crippen LogP contribution in [0.15, 0.2) is 47.1 Å². The maximum atomic E-state index is 12.8. The fourth-order valence-electron chi connectivity index (χ4n) is 4.16. The number of aliphatic hydroxyl groups is 5. The molecule has 11 heteroatoms. The topological polar surface area (TPSA) is 180 Å². The molecule has 0 aliphatic heterocycles. The predicted molar refractivity (Wildman–Crippen MR) is 150 cm³/mol. The van der Waals surface area contributed by atoms with Crippen molar-refractivity contribution in [3.05, 3.63) is 47.1 Å². The molecule has 1 rings (SSSR count). The fraction of sp³-hybridized carbons (Fsp3) is 0.633. The summed E-state index contributed by atoms with van der Waals surface area (Å²) in [6.45, 7) is 17.0. The molecule has 1 aliphatic rings. The quantitative estimate of drug-likeness (QED) is 0.104. The second-order valence-corrected chi connectivity index (χ2v) is 11.2. The van der Waals surface area contributed by atoms with Crippen LogP contribution in [-0.2, 0) is 28.6 Å². The van der Waals surface area contributed by atoms with Gasteiger partial charge in [-0.3, -0.25) is 0 Å². The molecule has 232 valence electrons. The molecule has 0 heterocycles. The summed E-state index contributed by atoms with van der Waals surface area (Å²) in [7, 11) is 0. The minimum atomic E-state index is -2.31. The van der Waals surface area contributed by atoms with Crippen LogP contribution in [0.2, 0.25) is 0 Å². The van der Waals surface area contributed by atoms with E-state index in [0.29, 0.717) is 0 Å². The van der Waals surface area contributed by atoms with Crippen LogP contribution < -0.4 is 0 Å². The third-order valence-corrected chi connectivity index (χ3v) is 7.60. The van der Waals surface area contributed by atoms with Gasteiger partial charge in [0.2, 0.25) is 0 Å². The molecule has 0 aromatic rings. The van der Waals surface area contributed by atoms with Crippen molar-refractivity contribution in [3.8, 4) is 0 Å². The average molecular weight is 583 g/mol. The maximum absolute atomic E-state index is 12.8. The van der Waals surface area contributed by atoms with Crippen LogP contribution in [0.3, 0.4) is 0 Å². The van der Waals surface area contributed by atoms with Gasteiger partial charge >= 0.3 is 17.9 Å². The van der Waals surface area contributed by atoms with Gasteiger partial charge < -0.3 is 39.7 Å². The minimum absolute atomic E-state index is 0.118. The van der Waals surface area contributed by atoms with Crippen molar-refractivity contribution >= 4 is 17.9 Å². The molecule has 11 nitrogen and oxygen atoms in total. The summed E-state index contributed by atoms with van der Waals surface area (Å²) >= 11 is 0. The van der Waals surface area contributed by atoms with Crippen molar-refractivity contribution in [1.82, 2.24) is 0 Å². The van der Waals surface area contributed by atoms with E-state index in [0.717, 1.165) is 6.92 Å². The van der Waals surface area contributed by atoms with E-state index < -0.39 is 78.1 Å². The summed E-state index contributed by atoms with van der Waals surface area (Å²) in [6.07, 6.45) is -5.96. The van der Waals surface area contributed by atoms with Gasteiger partial charge in [0, 0.05) is 23.1 Å². The number of rotatable bonds is 11. The van der Waals surface area contributed by atoms with Crippen LogP contribution in [0.1, 0.15) is 68.7 Å². The summed E-state index contributed by atoms with van der Waals surface area (Å²) < 4.78 is 16.6. The van der Waals surface area contributed by atoms with Crippen molar-refractivity contribution in [3.63, 3.8) is 0 Å². The monoisotopic (exact) mass is 582 g/mol. The van der Waals surface area contributed by atoms with Crippen LogP contribution in [0.25, 0.3) is 0 Å². The van der Waals surface area contributed by atoms with E-state index in [9.17, 15) is 39.9 Å². The zero-order valence-corrected chi connectivity index (χ0v) is 25.4. The van der Waals surface area contributed by atoms with Crippen molar-refractivity contribution in [2.45, 2.75) is 117 Å². The van der Waals surface area contributed by atoms with E-state index in [1.54, 1.807) is 20.8 Å². The van der Waals surface area contributed by atoms with E-state index in [4.69, 9.17) is 14.2 Å². The van der Waals surface area contributed by atoms with Gasteiger partial charge in [0.1, 0.15) is 30.0 Å². The number of hydrogen-bond donors (Lipinski definition) is 5. The highest BCUT2D eigenvalue weighted by molar-refractivity contribution is 5.89. The molecule has 0 spiro atoms. The zero-order valence-electron chi connectivity index (χ0n) is 25.4. The summed E-state index contributed by atoms with van der Waals surface area (Å²) in [5.41, 5.74) is -3.52. The van der Waals surface area contributed by atoms with Crippen molar-refractivity contribution in [2.24, 2.45) is 5.92 Å². The standard InChI is InChI=1S/C30H46O11/c1-11-15(4)26(34)39-19(14-20(31)29(8,9)37)18(7)21-22(32)25(41-28(36)17(6)13-3)30(10,38)24(33)23(21)40-27(35)16(5)12-2/h11-13,19-25,31-33,37-38H,7,14H2,1-6,8-10H3. The van der Waals surface area contributed by atoms with Crippen LogP contribution >= 0.6 is 0 Å². The van der Waals surface area contributed by atoms with Gasteiger partial charge in [0.15, 0.2) is 6.10 Å². The van der Waals surface area contributed by atoms with E-state index >= 15 is 0 Å². The molecule has 8 unspecified atom stereocenters. The Morgan fingerprint density at radius 3 is 1.80 bits per heavy atom. The zero-order chi connectivity index (χ0) is 32.0. The lowest BCUT2D eigenvalue weighted by atomic mass is 9.67. The van der Waals surface area contributed by atoms with Crippen LogP contribution in [-0.4, -0.2) is 91.3 Å². The molecule has 1 fully saturated rings. The minimum Gasteiger partial charge on any atom is -0.455 e. The third-order valence-electron chi connectivity index (χ3n) is 7.60. The first-order valence-electron chi connectivity index (χ1n) is 13.4. The maximum Gasteiger partial charge on any atom is 0.333 e. The Kier molecular flexibility index (Phi) is 12.7. The molecular weight excluding hydrogens is 536 g/mol. The number of ether oxygens (including phenoxy) is 3. The molecule has 0 radical (unpaired) electrons. The van der Waals surface area contributed by atoms with Crippen LogP contribution in [0, 0.1) is 5.92 Å². The Labute approximate surface area is 241 Å². The van der Waals surface area contributed by atoms with E-state index in [1.165, 1.54) is 52.8 Å². The Morgan fingerprint density at radius 1 is 0.927 bits per heavy atom. The average Bonchev–Trinajstić information content (AvgIpc) is 2.90. The predicted octanol–water partition coefficient (Wildman–Crippen LogP) is 1.80. The number of aliphatic hydroxyl groups excluding tert-OH is 3. The fourth-order valence-corrected chi connectivity index (χ4v) is 4.16. The molecule has 5 N–H and O–H groups in total. The first-order valence-corrected chi connectivity index (χ1v) is 13.4. The molecule has 0 aromatic carbocycles. The Balaban J connectivity index is 3.76. The summed E-state index contributed by atoms with van der Waals surface area (Å²) in [6, 6.07) is 0. The highest BCUT2D eigenvalue weighted by Gasteiger charge is 2.61. The third kappa shape index (κ3) is 8.59. The molecule has 8 atom stereocenters. The van der Waals surface area contributed by atoms with Gasteiger partial charge in [0.25, 0.3) is 0 Å². The number of allylic oxidation sites excluding steroid dienone is 3. The van der Waals surface area contributed by atoms with Crippen molar-refractivity contribution in [2.75, 3.05) is 0 Å². The molecule has 41 heavy (non-hydrogen) atoms. The summed E-state index contributed by atoms with van der Waals surface area (Å²) in [5, 5.41) is 55.2. The van der Waals surface area contributed by atoms with Gasteiger partial charge in [0.05, 0.1) is 17.6 Å². The lowest BCUT2D eigenvalue weighted by Crippen LogP contribution is -2.70. The lowest BCUT2D eigenvalue weighted by molar-refractivity contribution is -0.255. The molecular formula is C30H46O11. The molecule has 0 amide bonds. The largest absolute Gasteiger partial charge is 0.455 e. The Bertz CT molecular complexity index is 1080. The SMILES string of the molecule is C=C(C(CC(O)C(C)(C)O)OC(=O)C(C)=CC)C1C(O)C(OC(=O)C(C)=CC)C(C)(O)C(O)C1OC(=O)C(C)=CC. The molecule has 1 saturated carbocycles. The Morgan fingerprint density at radius 2 is 1.37 bits per heavy atom. The second-order valence-electron chi connectivity index (χ2n) is 11.2. The van der Waals surface area contributed by atoms with Crippen molar-refractivity contribution in [1.29, 1.82) is 0 Å². The first-order chi connectivity index (χ1) is 18.8. The molecule has 0 bridgehead atoms. The van der Waals surface area contributed by atoms with Crippen LogP contribution in [0.5, 0.6) is 0 Å². The van der Waals surface area contributed by atoms with E-state index in [2.05, 4.69) is 6.58 Å². The first kappa shape index (κ1) is 36.2. The smallest absolute Gasteiger partial charge is 0.333 e. The van der Waals surface area contributed by atoms with E-state index in [1.807, 2.05) is 0 Å². The van der Waals surface area contributed by atoms with Gasteiger partial charge in [-0.2, -0.15) is 0 Å².